The number of carbonyl (C=O) groups excluding carboxylic acids is 1. The van der Waals surface area contributed by atoms with E-state index in [9.17, 15) is 18.3 Å². The van der Waals surface area contributed by atoms with E-state index in [1.165, 1.54) is 19.6 Å². The molecular formula is C22H25N5O5S. The smallest absolute Gasteiger partial charge is 0.335 e. The van der Waals surface area contributed by atoms with E-state index >= 15 is 0 Å². The van der Waals surface area contributed by atoms with Crippen LogP contribution < -0.4 is 10.0 Å². The summed E-state index contributed by atoms with van der Waals surface area (Å²) in [6, 6.07) is 11.3. The van der Waals surface area contributed by atoms with Gasteiger partial charge in [0, 0.05) is 43.8 Å². The van der Waals surface area contributed by atoms with Gasteiger partial charge in [0.15, 0.2) is 5.78 Å². The number of aliphatic hydroxyl groups excluding tert-OH is 1. The minimum absolute atomic E-state index is 0.229. The molecule has 174 valence electrons. The van der Waals surface area contributed by atoms with Crippen molar-refractivity contribution in [2.75, 3.05) is 12.4 Å². The molecule has 1 saturated carbocycles. The molecule has 11 heteroatoms. The third-order valence-corrected chi connectivity index (χ3v) is 6.49. The summed E-state index contributed by atoms with van der Waals surface area (Å²) in [6.45, 7) is 0.640. The van der Waals surface area contributed by atoms with Crippen LogP contribution >= 0.6 is 0 Å². The molecule has 2 heterocycles. The van der Waals surface area contributed by atoms with Crippen molar-refractivity contribution in [2.45, 2.75) is 37.6 Å². The van der Waals surface area contributed by atoms with Crippen LogP contribution in [0, 0.1) is 0 Å². The second-order valence-corrected chi connectivity index (χ2v) is 9.35. The first-order chi connectivity index (χ1) is 15.8. The van der Waals surface area contributed by atoms with Gasteiger partial charge in [-0.1, -0.05) is 30.3 Å². The maximum absolute atomic E-state index is 13.2. The first kappa shape index (κ1) is 23.1. The normalized spacial score (nSPS) is 20.6. The highest BCUT2D eigenvalue weighted by molar-refractivity contribution is 7.84. The van der Waals surface area contributed by atoms with E-state index in [0.717, 1.165) is 5.56 Å². The van der Waals surface area contributed by atoms with Crippen LogP contribution in [-0.4, -0.2) is 59.1 Å². The Hall–Kier alpha value is -3.12. The van der Waals surface area contributed by atoms with Crippen molar-refractivity contribution in [1.82, 2.24) is 19.3 Å². The summed E-state index contributed by atoms with van der Waals surface area (Å²) in [5.74, 6) is 0.0779. The second-order valence-electron chi connectivity index (χ2n) is 7.85. The van der Waals surface area contributed by atoms with Crippen molar-refractivity contribution in [2.24, 2.45) is 0 Å². The number of nitrogens with one attached hydrogen (secondary N) is 2. The van der Waals surface area contributed by atoms with Crippen molar-refractivity contribution in [3.63, 3.8) is 0 Å². The van der Waals surface area contributed by atoms with Crippen LogP contribution in [0.5, 0.6) is 0 Å². The lowest BCUT2D eigenvalue weighted by Gasteiger charge is -2.15. The molecule has 0 aliphatic heterocycles. The number of rotatable bonds is 9. The zero-order valence-electron chi connectivity index (χ0n) is 18.0. The molecule has 0 amide bonds. The molecule has 4 rings (SSSR count). The SMILES string of the molecule is CNS(=O)(=O)O[C@@H]1C[C@H](Nc2ncncc2C(=O)c2ccn(Cc3ccccc3)c2)C[C@@H]1O. The van der Waals surface area contributed by atoms with E-state index in [0.29, 0.717) is 17.9 Å². The van der Waals surface area contributed by atoms with E-state index in [1.807, 2.05) is 41.1 Å². The van der Waals surface area contributed by atoms with Crippen LogP contribution in [0.1, 0.15) is 34.3 Å². The Morgan fingerprint density at radius 3 is 2.79 bits per heavy atom. The number of benzene rings is 1. The van der Waals surface area contributed by atoms with Crippen LogP contribution in [0.25, 0.3) is 0 Å². The van der Waals surface area contributed by atoms with Gasteiger partial charge in [0.05, 0.1) is 11.7 Å². The van der Waals surface area contributed by atoms with Crippen molar-refractivity contribution in [3.8, 4) is 0 Å². The van der Waals surface area contributed by atoms with Crippen LogP contribution in [0.15, 0.2) is 61.3 Å². The van der Waals surface area contributed by atoms with Gasteiger partial charge in [0.2, 0.25) is 0 Å². The summed E-state index contributed by atoms with van der Waals surface area (Å²) >= 11 is 0. The maximum Gasteiger partial charge on any atom is 0.335 e. The number of aromatic nitrogens is 3. The predicted octanol–water partition coefficient (Wildman–Crippen LogP) is 1.34. The highest BCUT2D eigenvalue weighted by atomic mass is 32.2. The Morgan fingerprint density at radius 1 is 1.24 bits per heavy atom. The molecule has 2 aromatic heterocycles. The molecule has 1 aromatic carbocycles. The fourth-order valence-electron chi connectivity index (χ4n) is 3.84. The summed E-state index contributed by atoms with van der Waals surface area (Å²) in [5.41, 5.74) is 1.91. The minimum Gasteiger partial charge on any atom is -0.390 e. The molecule has 33 heavy (non-hydrogen) atoms. The number of hydrogen-bond donors (Lipinski definition) is 3. The van der Waals surface area contributed by atoms with Gasteiger partial charge in [-0.05, 0) is 24.5 Å². The summed E-state index contributed by atoms with van der Waals surface area (Å²) in [4.78, 5) is 21.4. The summed E-state index contributed by atoms with van der Waals surface area (Å²) in [6.07, 6.45) is 4.99. The van der Waals surface area contributed by atoms with Crippen LogP contribution in [-0.2, 0) is 21.0 Å². The Balaban J connectivity index is 1.46. The van der Waals surface area contributed by atoms with Crippen LogP contribution in [0.2, 0.25) is 0 Å². The summed E-state index contributed by atoms with van der Waals surface area (Å²) in [7, 11) is -2.70. The molecule has 0 unspecified atom stereocenters. The summed E-state index contributed by atoms with van der Waals surface area (Å²) < 4.78 is 32.3. The van der Waals surface area contributed by atoms with E-state index in [4.69, 9.17) is 4.18 Å². The van der Waals surface area contributed by atoms with Gasteiger partial charge in [-0.15, -0.1) is 0 Å². The fourth-order valence-corrected chi connectivity index (χ4v) is 4.46. The lowest BCUT2D eigenvalue weighted by Crippen LogP contribution is -2.31. The van der Waals surface area contributed by atoms with Crippen LogP contribution in [0.3, 0.4) is 0 Å². The van der Waals surface area contributed by atoms with E-state index in [1.54, 1.807) is 12.3 Å². The number of hydrogen-bond acceptors (Lipinski definition) is 8. The third kappa shape index (κ3) is 5.63. The van der Waals surface area contributed by atoms with E-state index in [-0.39, 0.29) is 30.2 Å². The molecule has 1 fully saturated rings. The molecule has 1 aliphatic rings. The Bertz CT molecular complexity index is 1210. The lowest BCUT2D eigenvalue weighted by atomic mass is 10.1. The highest BCUT2D eigenvalue weighted by Crippen LogP contribution is 2.28. The number of aliphatic hydroxyl groups is 1. The zero-order chi connectivity index (χ0) is 23.4. The number of ketones is 1. The largest absolute Gasteiger partial charge is 0.390 e. The highest BCUT2D eigenvalue weighted by Gasteiger charge is 2.37. The van der Waals surface area contributed by atoms with Crippen molar-refractivity contribution in [1.29, 1.82) is 0 Å². The molecular weight excluding hydrogens is 446 g/mol. The monoisotopic (exact) mass is 471 g/mol. The lowest BCUT2D eigenvalue weighted by molar-refractivity contribution is 0.0636. The molecule has 0 radical (unpaired) electrons. The van der Waals surface area contributed by atoms with Crippen LogP contribution in [0.4, 0.5) is 5.82 Å². The maximum atomic E-state index is 13.2. The molecule has 10 nitrogen and oxygen atoms in total. The Morgan fingerprint density at radius 2 is 2.03 bits per heavy atom. The van der Waals surface area contributed by atoms with E-state index in [2.05, 4.69) is 20.0 Å². The summed E-state index contributed by atoms with van der Waals surface area (Å²) in [5, 5.41) is 13.4. The van der Waals surface area contributed by atoms with Crippen molar-refractivity contribution >= 4 is 21.9 Å². The molecule has 0 saturated heterocycles. The van der Waals surface area contributed by atoms with Gasteiger partial charge in [-0.3, -0.25) is 8.98 Å². The molecule has 3 atom stereocenters. The van der Waals surface area contributed by atoms with Crippen molar-refractivity contribution < 1.29 is 22.5 Å². The molecule has 0 spiro atoms. The average Bonchev–Trinajstić information content (AvgIpc) is 3.40. The topological polar surface area (TPSA) is 135 Å². The first-order valence-electron chi connectivity index (χ1n) is 10.5. The molecule has 1 aliphatic carbocycles. The molecule has 3 aromatic rings. The zero-order valence-corrected chi connectivity index (χ0v) is 18.8. The van der Waals surface area contributed by atoms with Gasteiger partial charge >= 0.3 is 10.3 Å². The third-order valence-electron chi connectivity index (χ3n) is 5.49. The molecule has 3 N–H and O–H groups in total. The number of nitrogens with zero attached hydrogens (tertiary/aromatic N) is 3. The minimum atomic E-state index is -3.93. The van der Waals surface area contributed by atoms with E-state index < -0.39 is 22.5 Å². The predicted molar refractivity (Wildman–Crippen MR) is 121 cm³/mol. The van der Waals surface area contributed by atoms with Gasteiger partial charge in [-0.2, -0.15) is 13.1 Å². The van der Waals surface area contributed by atoms with Gasteiger partial charge in [0.25, 0.3) is 0 Å². The van der Waals surface area contributed by atoms with Gasteiger partial charge in [0.1, 0.15) is 18.2 Å². The standard InChI is InChI=1S/C22H25N5O5S/c1-23-33(30,31)32-20-10-17(9-19(20)28)26-22-18(11-24-14-25-22)21(29)16-7-8-27(13-16)12-15-5-3-2-4-6-15/h2-8,11,13-14,17,19-20,23,28H,9-10,12H2,1H3,(H,24,25,26)/t17-,19+,20-/m1/s1. The fraction of sp³-hybridized carbons (Fsp3) is 0.318. The number of anilines is 1. The average molecular weight is 472 g/mol. The van der Waals surface area contributed by atoms with Crippen molar-refractivity contribution in [3.05, 3.63) is 78.0 Å². The van der Waals surface area contributed by atoms with Gasteiger partial charge < -0.3 is 15.0 Å². The van der Waals surface area contributed by atoms with Gasteiger partial charge in [-0.25, -0.2) is 9.97 Å². The second kappa shape index (κ2) is 9.79. The molecule has 0 bridgehead atoms. The first-order valence-corrected chi connectivity index (χ1v) is 11.9. The Labute approximate surface area is 191 Å². The Kier molecular flexibility index (Phi) is 6.84. The number of carbonyl (C=O) groups is 1. The quantitative estimate of drug-likeness (QED) is 0.398.